The van der Waals surface area contributed by atoms with Gasteiger partial charge in [0.15, 0.2) is 0 Å². The molecule has 1 atom stereocenters. The Kier molecular flexibility index (Phi) is 5.42. The highest BCUT2D eigenvalue weighted by molar-refractivity contribution is 7.99. The third-order valence-corrected chi connectivity index (χ3v) is 5.27. The van der Waals surface area contributed by atoms with Crippen molar-refractivity contribution in [3.05, 3.63) is 23.8 Å². The van der Waals surface area contributed by atoms with Crippen molar-refractivity contribution in [2.75, 3.05) is 26.5 Å². The van der Waals surface area contributed by atoms with Gasteiger partial charge >= 0.3 is 0 Å². The molecule has 9 heteroatoms. The number of aryl methyl sites for hydroxylation is 1. The van der Waals surface area contributed by atoms with E-state index in [1.165, 1.54) is 11.8 Å². The second kappa shape index (κ2) is 7.73. The van der Waals surface area contributed by atoms with E-state index in [4.69, 9.17) is 9.47 Å². The third-order valence-electron chi connectivity index (χ3n) is 4.28. The number of methoxy groups -OCH3 is 2. The molecule has 3 rings (SSSR count). The van der Waals surface area contributed by atoms with Crippen molar-refractivity contribution in [2.45, 2.75) is 24.0 Å². The van der Waals surface area contributed by atoms with Crippen LogP contribution in [0.3, 0.4) is 0 Å². The Bertz CT molecular complexity index is 751. The normalized spacial score (nSPS) is 16.9. The van der Waals surface area contributed by atoms with Gasteiger partial charge in [0.1, 0.15) is 11.5 Å². The van der Waals surface area contributed by atoms with E-state index < -0.39 is 0 Å². The van der Waals surface area contributed by atoms with Crippen LogP contribution in [0.1, 0.15) is 24.4 Å². The van der Waals surface area contributed by atoms with Gasteiger partial charge in [-0.2, -0.15) is 0 Å². The van der Waals surface area contributed by atoms with Gasteiger partial charge in [-0.05, 0) is 41.5 Å². The summed E-state index contributed by atoms with van der Waals surface area (Å²) < 4.78 is 12.4. The van der Waals surface area contributed by atoms with Crippen LogP contribution in [-0.2, 0) is 11.8 Å². The Hall–Kier alpha value is -2.29. The largest absolute Gasteiger partial charge is 0.497 e. The Morgan fingerprint density at radius 2 is 2.20 bits per heavy atom. The maximum absolute atomic E-state index is 12.7. The van der Waals surface area contributed by atoms with Crippen LogP contribution in [0.25, 0.3) is 0 Å². The van der Waals surface area contributed by atoms with E-state index in [-0.39, 0.29) is 11.9 Å². The maximum atomic E-state index is 12.7. The van der Waals surface area contributed by atoms with Crippen LogP contribution >= 0.6 is 11.8 Å². The molecule has 0 saturated carbocycles. The van der Waals surface area contributed by atoms with Gasteiger partial charge in [0.2, 0.25) is 11.1 Å². The van der Waals surface area contributed by atoms with E-state index in [2.05, 4.69) is 15.5 Å². The van der Waals surface area contributed by atoms with Crippen LogP contribution in [0.2, 0.25) is 0 Å². The number of carbonyl (C=O) groups is 1. The summed E-state index contributed by atoms with van der Waals surface area (Å²) in [6.45, 7) is 0.738. The Morgan fingerprint density at radius 3 is 2.88 bits per heavy atom. The van der Waals surface area contributed by atoms with Gasteiger partial charge in [-0.15, -0.1) is 5.10 Å². The van der Waals surface area contributed by atoms with Gasteiger partial charge in [-0.1, -0.05) is 11.8 Å². The monoisotopic (exact) mass is 363 g/mol. The highest BCUT2D eigenvalue weighted by atomic mass is 32.2. The predicted molar refractivity (Wildman–Crippen MR) is 92.8 cm³/mol. The summed E-state index contributed by atoms with van der Waals surface area (Å²) in [5, 5.41) is 11.9. The quantitative estimate of drug-likeness (QED) is 0.722. The van der Waals surface area contributed by atoms with Crippen molar-refractivity contribution < 1.29 is 14.3 Å². The van der Waals surface area contributed by atoms with Crippen LogP contribution < -0.4 is 9.47 Å². The fourth-order valence-corrected chi connectivity index (χ4v) is 3.78. The number of benzene rings is 1. The lowest BCUT2D eigenvalue weighted by Crippen LogP contribution is -2.32. The topological polar surface area (TPSA) is 82.4 Å². The summed E-state index contributed by atoms with van der Waals surface area (Å²) in [5.74, 6) is 1.91. The molecule has 8 nitrogen and oxygen atoms in total. The minimum Gasteiger partial charge on any atom is -0.497 e. The molecule has 0 spiro atoms. The van der Waals surface area contributed by atoms with Gasteiger partial charge in [0.05, 0.1) is 26.0 Å². The number of hydrogen-bond acceptors (Lipinski definition) is 7. The summed E-state index contributed by atoms with van der Waals surface area (Å²) in [6.07, 6.45) is 1.87. The average Bonchev–Trinajstić information content (AvgIpc) is 3.28. The SMILES string of the molecule is COc1ccc(OC)c([C@H]2CCCN2C(=O)CSc2nnnn2C)c1. The number of aromatic nitrogens is 4. The minimum atomic E-state index is -0.00392. The zero-order valence-electron chi connectivity index (χ0n) is 14.5. The van der Waals surface area contributed by atoms with E-state index in [1.807, 2.05) is 23.1 Å². The summed E-state index contributed by atoms with van der Waals surface area (Å²) in [6, 6.07) is 5.69. The summed E-state index contributed by atoms with van der Waals surface area (Å²) in [4.78, 5) is 14.7. The van der Waals surface area contributed by atoms with Crippen LogP contribution in [0, 0.1) is 0 Å². The highest BCUT2D eigenvalue weighted by Crippen LogP contribution is 2.39. The van der Waals surface area contributed by atoms with Gasteiger partial charge in [0, 0.05) is 19.2 Å². The second-order valence-electron chi connectivity index (χ2n) is 5.73. The molecular weight excluding hydrogens is 342 g/mol. The number of ether oxygens (including phenoxy) is 2. The van der Waals surface area contributed by atoms with Crippen molar-refractivity contribution in [2.24, 2.45) is 7.05 Å². The molecule has 2 aromatic rings. The number of thioether (sulfide) groups is 1. The van der Waals surface area contributed by atoms with Gasteiger partial charge in [-0.3, -0.25) is 4.79 Å². The van der Waals surface area contributed by atoms with Crippen molar-refractivity contribution in [3.63, 3.8) is 0 Å². The number of nitrogens with zero attached hydrogens (tertiary/aromatic N) is 5. The molecule has 1 aromatic carbocycles. The number of likely N-dealkylation sites (tertiary alicyclic amines) is 1. The molecule has 0 N–H and O–H groups in total. The maximum Gasteiger partial charge on any atom is 0.233 e. The molecular formula is C16H21N5O3S. The van der Waals surface area contributed by atoms with Crippen LogP contribution in [0.15, 0.2) is 23.4 Å². The molecule has 0 aliphatic carbocycles. The van der Waals surface area contributed by atoms with E-state index >= 15 is 0 Å². The lowest BCUT2D eigenvalue weighted by molar-refractivity contribution is -0.129. The number of hydrogen-bond donors (Lipinski definition) is 0. The van der Waals surface area contributed by atoms with Gasteiger partial charge in [0.25, 0.3) is 0 Å². The Labute approximate surface area is 150 Å². The molecule has 2 heterocycles. The lowest BCUT2D eigenvalue weighted by atomic mass is 10.0. The standard InChI is InChI=1S/C16H21N5O3S/c1-20-16(17-18-19-20)25-10-15(22)21-8-4-5-13(21)12-9-11(23-2)6-7-14(12)24-3/h6-7,9,13H,4-5,8,10H2,1-3H3/t13-/m1/s1. The fourth-order valence-electron chi connectivity index (χ4n) is 3.04. The molecule has 25 heavy (non-hydrogen) atoms. The smallest absolute Gasteiger partial charge is 0.233 e. The highest BCUT2D eigenvalue weighted by Gasteiger charge is 2.32. The lowest BCUT2D eigenvalue weighted by Gasteiger charge is -2.26. The van der Waals surface area contributed by atoms with E-state index in [1.54, 1.807) is 25.9 Å². The summed E-state index contributed by atoms with van der Waals surface area (Å²) >= 11 is 1.34. The van der Waals surface area contributed by atoms with E-state index in [0.717, 1.165) is 36.4 Å². The van der Waals surface area contributed by atoms with Crippen LogP contribution in [0.4, 0.5) is 0 Å². The number of carbonyl (C=O) groups excluding carboxylic acids is 1. The zero-order valence-corrected chi connectivity index (χ0v) is 15.3. The first-order valence-corrected chi connectivity index (χ1v) is 8.99. The molecule has 1 aromatic heterocycles. The molecule has 134 valence electrons. The van der Waals surface area contributed by atoms with Crippen LogP contribution in [0.5, 0.6) is 11.5 Å². The molecule has 1 aliphatic heterocycles. The van der Waals surface area contributed by atoms with Crippen molar-refractivity contribution in [1.29, 1.82) is 0 Å². The minimum absolute atomic E-state index is 0.00392. The Morgan fingerprint density at radius 1 is 1.36 bits per heavy atom. The molecule has 1 amide bonds. The van der Waals surface area contributed by atoms with E-state index in [9.17, 15) is 4.79 Å². The molecule has 0 bridgehead atoms. The van der Waals surface area contributed by atoms with Gasteiger partial charge < -0.3 is 14.4 Å². The first-order valence-electron chi connectivity index (χ1n) is 8.00. The van der Waals surface area contributed by atoms with Crippen molar-refractivity contribution in [1.82, 2.24) is 25.1 Å². The number of tetrazole rings is 1. The fraction of sp³-hybridized carbons (Fsp3) is 0.500. The zero-order chi connectivity index (χ0) is 17.8. The number of amides is 1. The first-order chi connectivity index (χ1) is 12.1. The number of rotatable bonds is 6. The predicted octanol–water partition coefficient (Wildman–Crippen LogP) is 1.68. The van der Waals surface area contributed by atoms with Crippen molar-refractivity contribution in [3.8, 4) is 11.5 Å². The van der Waals surface area contributed by atoms with Crippen molar-refractivity contribution >= 4 is 17.7 Å². The molecule has 0 unspecified atom stereocenters. The summed E-state index contributed by atoms with van der Waals surface area (Å²) in [7, 11) is 5.03. The van der Waals surface area contributed by atoms with E-state index in [0.29, 0.717) is 10.9 Å². The molecule has 1 fully saturated rings. The first kappa shape index (κ1) is 17.5. The summed E-state index contributed by atoms with van der Waals surface area (Å²) in [5.41, 5.74) is 0.984. The molecule has 1 saturated heterocycles. The van der Waals surface area contributed by atoms with Crippen LogP contribution in [-0.4, -0.2) is 57.5 Å². The van der Waals surface area contributed by atoms with Gasteiger partial charge in [-0.25, -0.2) is 4.68 Å². The third kappa shape index (κ3) is 3.71. The molecule has 1 aliphatic rings. The second-order valence-corrected chi connectivity index (χ2v) is 6.67. The Balaban J connectivity index is 1.76. The molecule has 0 radical (unpaired) electrons. The average molecular weight is 363 g/mol.